The lowest BCUT2D eigenvalue weighted by Crippen LogP contribution is -2.33. The summed E-state index contributed by atoms with van der Waals surface area (Å²) >= 11 is 3.45. The van der Waals surface area contributed by atoms with Gasteiger partial charge in [-0.15, -0.1) is 0 Å². The molecule has 1 aromatic heterocycles. The van der Waals surface area contributed by atoms with Gasteiger partial charge in [-0.2, -0.15) is 0 Å². The first-order valence-corrected chi connectivity index (χ1v) is 7.56. The van der Waals surface area contributed by atoms with Crippen LogP contribution in [0.15, 0.2) is 39.4 Å². The van der Waals surface area contributed by atoms with Crippen LogP contribution < -0.4 is 4.90 Å². The molecular weight excluding hydrogens is 334 g/mol. The molecule has 0 aliphatic carbocycles. The molecule has 3 rings (SSSR count). The minimum Gasteiger partial charge on any atom is -0.461 e. The number of halogens is 1. The second-order valence-corrected chi connectivity index (χ2v) is 5.90. The number of nitrogens with zero attached hydrogens (tertiary/aromatic N) is 1. The van der Waals surface area contributed by atoms with Crippen molar-refractivity contribution < 1.29 is 14.0 Å². The van der Waals surface area contributed by atoms with E-state index in [-0.39, 0.29) is 11.7 Å². The number of fused-ring (bicyclic) bond motifs is 1. The van der Waals surface area contributed by atoms with Gasteiger partial charge in [-0.25, -0.2) is 0 Å². The zero-order valence-corrected chi connectivity index (χ0v) is 13.1. The molecule has 5 heteroatoms. The summed E-state index contributed by atoms with van der Waals surface area (Å²) < 4.78 is 5.90. The first-order valence-electron chi connectivity index (χ1n) is 6.76. The molecule has 4 nitrogen and oxygen atoms in total. The summed E-state index contributed by atoms with van der Waals surface area (Å²) in [6.07, 6.45) is 3.32. The lowest BCUT2D eigenvalue weighted by Gasteiger charge is -2.29. The van der Waals surface area contributed by atoms with Crippen LogP contribution in [0.5, 0.6) is 0 Å². The number of ketones is 1. The van der Waals surface area contributed by atoms with Gasteiger partial charge in [0, 0.05) is 29.2 Å². The molecule has 0 saturated heterocycles. The molecule has 21 heavy (non-hydrogen) atoms. The molecule has 0 radical (unpaired) electrons. The van der Waals surface area contributed by atoms with Crippen molar-refractivity contribution in [3.63, 3.8) is 0 Å². The summed E-state index contributed by atoms with van der Waals surface area (Å²) in [6.45, 7) is 2.24. The molecule has 1 aromatic carbocycles. The third-order valence-electron chi connectivity index (χ3n) is 3.66. The zero-order chi connectivity index (χ0) is 15.0. The van der Waals surface area contributed by atoms with E-state index in [0.717, 1.165) is 28.6 Å². The summed E-state index contributed by atoms with van der Waals surface area (Å²) in [4.78, 5) is 26.0. The van der Waals surface area contributed by atoms with Crippen molar-refractivity contribution in [1.29, 1.82) is 0 Å². The van der Waals surface area contributed by atoms with E-state index < -0.39 is 0 Å². The van der Waals surface area contributed by atoms with Gasteiger partial charge in [-0.1, -0.05) is 15.9 Å². The number of furan rings is 1. The van der Waals surface area contributed by atoms with Crippen molar-refractivity contribution in [3.05, 3.63) is 51.9 Å². The SMILES string of the molecule is CC(=O)N1CCCc2cc(Br)c(C(=O)c3ccco3)cc21. The molecule has 0 saturated carbocycles. The van der Waals surface area contributed by atoms with E-state index >= 15 is 0 Å². The van der Waals surface area contributed by atoms with Gasteiger partial charge in [0.25, 0.3) is 0 Å². The van der Waals surface area contributed by atoms with Crippen LogP contribution in [-0.4, -0.2) is 18.2 Å². The monoisotopic (exact) mass is 347 g/mol. The number of benzene rings is 1. The highest BCUT2D eigenvalue weighted by Gasteiger charge is 2.24. The Hall–Kier alpha value is -1.88. The van der Waals surface area contributed by atoms with E-state index in [0.29, 0.717) is 17.9 Å². The smallest absolute Gasteiger partial charge is 0.229 e. The minimum atomic E-state index is -0.191. The highest BCUT2D eigenvalue weighted by molar-refractivity contribution is 9.10. The second-order valence-electron chi connectivity index (χ2n) is 5.04. The van der Waals surface area contributed by atoms with Crippen LogP contribution in [0.2, 0.25) is 0 Å². The maximum atomic E-state index is 12.5. The molecule has 0 N–H and O–H groups in total. The van der Waals surface area contributed by atoms with Crippen molar-refractivity contribution >= 4 is 33.3 Å². The fourth-order valence-electron chi connectivity index (χ4n) is 2.64. The largest absolute Gasteiger partial charge is 0.461 e. The Labute approximate surface area is 130 Å². The number of rotatable bonds is 2. The van der Waals surface area contributed by atoms with Crippen molar-refractivity contribution in [2.75, 3.05) is 11.4 Å². The van der Waals surface area contributed by atoms with Crippen LogP contribution in [0.4, 0.5) is 5.69 Å². The van der Waals surface area contributed by atoms with Crippen molar-refractivity contribution in [1.82, 2.24) is 0 Å². The van der Waals surface area contributed by atoms with Gasteiger partial charge in [0.05, 0.1) is 6.26 Å². The molecule has 108 valence electrons. The second kappa shape index (κ2) is 5.48. The van der Waals surface area contributed by atoms with Gasteiger partial charge in [0.2, 0.25) is 11.7 Å². The number of carbonyl (C=O) groups is 2. The van der Waals surface area contributed by atoms with Gasteiger partial charge in [0.15, 0.2) is 5.76 Å². The number of aryl methyl sites for hydroxylation is 1. The van der Waals surface area contributed by atoms with Crippen LogP contribution in [0.25, 0.3) is 0 Å². The van der Waals surface area contributed by atoms with E-state index in [4.69, 9.17) is 4.42 Å². The van der Waals surface area contributed by atoms with Crippen LogP contribution in [0.3, 0.4) is 0 Å². The number of carbonyl (C=O) groups excluding carboxylic acids is 2. The summed E-state index contributed by atoms with van der Waals surface area (Å²) in [7, 11) is 0. The molecule has 0 fully saturated rings. The molecule has 1 aliphatic rings. The summed E-state index contributed by atoms with van der Waals surface area (Å²) in [5, 5.41) is 0. The topological polar surface area (TPSA) is 50.5 Å². The number of anilines is 1. The molecule has 1 aliphatic heterocycles. The Morgan fingerprint density at radius 1 is 1.33 bits per heavy atom. The van der Waals surface area contributed by atoms with Gasteiger partial charge in [0.1, 0.15) is 0 Å². The van der Waals surface area contributed by atoms with Crippen molar-refractivity contribution in [2.24, 2.45) is 0 Å². The Balaban J connectivity index is 2.09. The average molecular weight is 348 g/mol. The van der Waals surface area contributed by atoms with Crippen molar-refractivity contribution in [3.8, 4) is 0 Å². The minimum absolute atomic E-state index is 0.00494. The van der Waals surface area contributed by atoms with Crippen LogP contribution >= 0.6 is 15.9 Å². The summed E-state index contributed by atoms with van der Waals surface area (Å²) in [5.41, 5.74) is 2.42. The quantitative estimate of drug-likeness (QED) is 0.780. The van der Waals surface area contributed by atoms with Crippen molar-refractivity contribution in [2.45, 2.75) is 19.8 Å². The van der Waals surface area contributed by atoms with E-state index in [1.807, 2.05) is 6.07 Å². The molecule has 0 unspecified atom stereocenters. The van der Waals surface area contributed by atoms with E-state index in [1.54, 1.807) is 30.0 Å². The third kappa shape index (κ3) is 2.53. The van der Waals surface area contributed by atoms with E-state index in [9.17, 15) is 9.59 Å². The predicted molar refractivity (Wildman–Crippen MR) is 82.6 cm³/mol. The zero-order valence-electron chi connectivity index (χ0n) is 11.6. The molecule has 0 bridgehead atoms. The standard InChI is InChI=1S/C16H14BrNO3/c1-10(19)18-6-2-4-11-8-13(17)12(9-14(11)18)16(20)15-5-3-7-21-15/h3,5,7-9H,2,4,6H2,1H3. The predicted octanol–water partition coefficient (Wildman–Crippen LogP) is 3.57. The molecular formula is C16H14BrNO3. The van der Waals surface area contributed by atoms with Gasteiger partial charge >= 0.3 is 0 Å². The first kappa shape index (κ1) is 14.1. The average Bonchev–Trinajstić information content (AvgIpc) is 2.99. The fourth-order valence-corrected chi connectivity index (χ4v) is 3.22. The van der Waals surface area contributed by atoms with Crippen LogP contribution in [0, 0.1) is 0 Å². The highest BCUT2D eigenvalue weighted by Crippen LogP contribution is 2.33. The highest BCUT2D eigenvalue weighted by atomic mass is 79.9. The van der Waals surface area contributed by atoms with Gasteiger partial charge in [-0.3, -0.25) is 9.59 Å². The maximum absolute atomic E-state index is 12.5. The molecule has 1 amide bonds. The normalized spacial score (nSPS) is 13.9. The third-order valence-corrected chi connectivity index (χ3v) is 4.31. The van der Waals surface area contributed by atoms with Gasteiger partial charge < -0.3 is 9.32 Å². The Morgan fingerprint density at radius 3 is 2.81 bits per heavy atom. The van der Waals surface area contributed by atoms with E-state index in [2.05, 4.69) is 15.9 Å². The first-order chi connectivity index (χ1) is 10.1. The van der Waals surface area contributed by atoms with Gasteiger partial charge in [-0.05, 0) is 42.7 Å². The Bertz CT molecular complexity index is 707. The van der Waals surface area contributed by atoms with Crippen LogP contribution in [0.1, 0.15) is 35.0 Å². The van der Waals surface area contributed by atoms with Crippen LogP contribution in [-0.2, 0) is 11.2 Å². The Kier molecular flexibility index (Phi) is 3.68. The molecule has 0 spiro atoms. The lowest BCUT2D eigenvalue weighted by atomic mass is 9.97. The summed E-state index contributed by atoms with van der Waals surface area (Å²) in [5.74, 6) is 0.0965. The Morgan fingerprint density at radius 2 is 2.14 bits per heavy atom. The number of hydrogen-bond acceptors (Lipinski definition) is 3. The molecule has 2 aromatic rings. The summed E-state index contributed by atoms with van der Waals surface area (Å²) in [6, 6.07) is 7.03. The fraction of sp³-hybridized carbons (Fsp3) is 0.250. The number of amides is 1. The molecule has 2 heterocycles. The van der Waals surface area contributed by atoms with E-state index in [1.165, 1.54) is 6.26 Å². The lowest BCUT2D eigenvalue weighted by molar-refractivity contribution is -0.116. The molecule has 0 atom stereocenters. The number of hydrogen-bond donors (Lipinski definition) is 0. The maximum Gasteiger partial charge on any atom is 0.229 e.